The van der Waals surface area contributed by atoms with E-state index in [0.717, 1.165) is 13.7 Å². The molecule has 2 N–H and O–H groups in total. The molecule has 0 atom stereocenters. The summed E-state index contributed by atoms with van der Waals surface area (Å²) in [4.78, 5) is 0. The van der Waals surface area contributed by atoms with E-state index in [-0.39, 0.29) is 0 Å². The molecule has 0 fully saturated rings. The van der Waals surface area contributed by atoms with E-state index in [0.29, 0.717) is 0 Å². The van der Waals surface area contributed by atoms with E-state index >= 15 is 0 Å². The lowest BCUT2D eigenvalue weighted by molar-refractivity contribution is 1.31. The van der Waals surface area contributed by atoms with E-state index in [2.05, 4.69) is 45.4 Å². The van der Waals surface area contributed by atoms with Crippen LogP contribution in [0.4, 0.5) is 5.69 Å². The zero-order valence-electron chi connectivity index (χ0n) is 6.41. The van der Waals surface area contributed by atoms with Gasteiger partial charge < -0.3 is 5.73 Å². The summed E-state index contributed by atoms with van der Waals surface area (Å²) in [6.07, 6.45) is 0. The topological polar surface area (TPSA) is 26.0 Å². The fraction of sp³-hybridized carbons (Fsp3) is 0.250. The monoisotopic (exact) mass is 325 g/mol. The number of hydrogen-bond donors (Lipinski definition) is 1. The van der Waals surface area contributed by atoms with Crippen LogP contribution in [-0.4, -0.2) is 0 Å². The van der Waals surface area contributed by atoms with Gasteiger partial charge in [-0.3, -0.25) is 0 Å². The number of anilines is 1. The maximum absolute atomic E-state index is 5.82. The van der Waals surface area contributed by atoms with Crippen molar-refractivity contribution in [1.29, 1.82) is 0 Å². The molecule has 0 radical (unpaired) electrons. The molecule has 0 unspecified atom stereocenters. The molecule has 0 amide bonds. The van der Waals surface area contributed by atoms with Crippen LogP contribution in [0.3, 0.4) is 0 Å². The molecular weight excluding hydrogens is 317 g/mol. The van der Waals surface area contributed by atoms with Crippen molar-refractivity contribution in [3.05, 3.63) is 25.2 Å². The van der Waals surface area contributed by atoms with Gasteiger partial charge in [0.25, 0.3) is 0 Å². The first kappa shape index (κ1) is 9.32. The van der Waals surface area contributed by atoms with E-state index in [9.17, 15) is 0 Å². The Balaban J connectivity index is 3.46. The number of nitrogen functional groups attached to an aromatic ring is 1. The number of rotatable bonds is 0. The molecule has 1 aromatic rings. The van der Waals surface area contributed by atoms with Gasteiger partial charge in [0.1, 0.15) is 0 Å². The number of benzene rings is 1. The van der Waals surface area contributed by atoms with Gasteiger partial charge in [0, 0.05) is 13.7 Å². The van der Waals surface area contributed by atoms with E-state index < -0.39 is 0 Å². The van der Waals surface area contributed by atoms with Crippen molar-refractivity contribution in [3.63, 3.8) is 0 Å². The number of nitrogens with two attached hydrogens (primary N) is 1. The summed E-state index contributed by atoms with van der Waals surface area (Å²) in [6.45, 7) is 4.10. The van der Waals surface area contributed by atoms with Gasteiger partial charge in [0.15, 0.2) is 0 Å². The van der Waals surface area contributed by atoms with Crippen molar-refractivity contribution >= 4 is 44.2 Å². The number of halogens is 2. The highest BCUT2D eigenvalue weighted by atomic mass is 127. The minimum absolute atomic E-state index is 0.895. The normalized spacial score (nSPS) is 10.2. The Bertz CT molecular complexity index is 270. The van der Waals surface area contributed by atoms with Gasteiger partial charge in [-0.15, -0.1) is 0 Å². The average Bonchev–Trinajstić information content (AvgIpc) is 1.97. The Labute approximate surface area is 88.6 Å². The molecule has 0 spiro atoms. The van der Waals surface area contributed by atoms with Gasteiger partial charge in [0.2, 0.25) is 0 Å². The highest BCUT2D eigenvalue weighted by molar-refractivity contribution is 14.1. The van der Waals surface area contributed by atoms with Crippen LogP contribution in [0.15, 0.2) is 10.5 Å². The second kappa shape index (κ2) is 3.31. The first-order chi connectivity index (χ1) is 5.04. The van der Waals surface area contributed by atoms with Crippen LogP contribution in [-0.2, 0) is 0 Å². The molecule has 0 saturated heterocycles. The van der Waals surface area contributed by atoms with Gasteiger partial charge in [0.05, 0.1) is 0 Å². The maximum Gasteiger partial charge on any atom is 0.0482 e. The minimum atomic E-state index is 0.895. The molecule has 1 aromatic carbocycles. The van der Waals surface area contributed by atoms with E-state index in [1.807, 2.05) is 13.0 Å². The maximum atomic E-state index is 5.82. The first-order valence-electron chi connectivity index (χ1n) is 3.24. The van der Waals surface area contributed by atoms with E-state index in [1.54, 1.807) is 0 Å². The number of hydrogen-bond acceptors (Lipinski definition) is 1. The van der Waals surface area contributed by atoms with Crippen molar-refractivity contribution in [3.8, 4) is 0 Å². The zero-order chi connectivity index (χ0) is 8.59. The highest BCUT2D eigenvalue weighted by Crippen LogP contribution is 2.28. The molecule has 0 heterocycles. The lowest BCUT2D eigenvalue weighted by Gasteiger charge is -2.08. The molecule has 11 heavy (non-hydrogen) atoms. The Morgan fingerprint density at radius 3 is 2.45 bits per heavy atom. The summed E-state index contributed by atoms with van der Waals surface area (Å²) >= 11 is 5.71. The SMILES string of the molecule is Cc1c(Br)cc(I)c(N)c1C. The van der Waals surface area contributed by atoms with E-state index in [4.69, 9.17) is 5.73 Å². The van der Waals surface area contributed by atoms with Gasteiger partial charge in [-0.2, -0.15) is 0 Å². The molecule has 0 aromatic heterocycles. The van der Waals surface area contributed by atoms with Gasteiger partial charge >= 0.3 is 0 Å². The summed E-state index contributed by atoms with van der Waals surface area (Å²) in [5.74, 6) is 0. The van der Waals surface area contributed by atoms with Crippen molar-refractivity contribution in [2.45, 2.75) is 13.8 Å². The molecule has 0 saturated carbocycles. The molecule has 0 aliphatic rings. The molecule has 1 nitrogen and oxygen atoms in total. The molecule has 0 aliphatic heterocycles. The summed E-state index contributed by atoms with van der Waals surface area (Å²) < 4.78 is 2.24. The second-order valence-electron chi connectivity index (χ2n) is 2.50. The van der Waals surface area contributed by atoms with Crippen LogP contribution in [0.2, 0.25) is 0 Å². The molecular formula is C8H9BrIN. The van der Waals surface area contributed by atoms with Crippen LogP contribution in [0, 0.1) is 17.4 Å². The molecule has 0 aliphatic carbocycles. The fourth-order valence-electron chi connectivity index (χ4n) is 0.858. The molecule has 1 rings (SSSR count). The summed E-state index contributed by atoms with van der Waals surface area (Å²) in [6, 6.07) is 2.04. The predicted octanol–water partition coefficient (Wildman–Crippen LogP) is 3.25. The standard InChI is InChI=1S/C8H9BrIN/c1-4-5(2)8(11)7(10)3-6(4)9/h3H,11H2,1-2H3. The predicted molar refractivity (Wildman–Crippen MR) is 60.7 cm³/mol. The van der Waals surface area contributed by atoms with Crippen molar-refractivity contribution in [2.75, 3.05) is 5.73 Å². The quantitative estimate of drug-likeness (QED) is 0.575. The Morgan fingerprint density at radius 1 is 1.36 bits per heavy atom. The summed E-state index contributed by atoms with van der Waals surface area (Å²) in [7, 11) is 0. The van der Waals surface area contributed by atoms with Crippen LogP contribution >= 0.6 is 38.5 Å². The largest absolute Gasteiger partial charge is 0.398 e. The van der Waals surface area contributed by atoms with Crippen LogP contribution in [0.25, 0.3) is 0 Å². The van der Waals surface area contributed by atoms with Crippen LogP contribution in [0.5, 0.6) is 0 Å². The van der Waals surface area contributed by atoms with Gasteiger partial charge in [-0.05, 0) is 53.6 Å². The zero-order valence-corrected chi connectivity index (χ0v) is 10.2. The van der Waals surface area contributed by atoms with E-state index in [1.165, 1.54) is 11.1 Å². The molecule has 3 heteroatoms. The Hall–Kier alpha value is 0.230. The minimum Gasteiger partial charge on any atom is -0.398 e. The van der Waals surface area contributed by atoms with Crippen LogP contribution in [0.1, 0.15) is 11.1 Å². The van der Waals surface area contributed by atoms with Crippen molar-refractivity contribution in [2.24, 2.45) is 0 Å². The lowest BCUT2D eigenvalue weighted by Crippen LogP contribution is -1.96. The van der Waals surface area contributed by atoms with Gasteiger partial charge in [-0.25, -0.2) is 0 Å². The van der Waals surface area contributed by atoms with Crippen molar-refractivity contribution in [1.82, 2.24) is 0 Å². The fourth-order valence-corrected chi connectivity index (χ4v) is 2.53. The first-order valence-corrected chi connectivity index (χ1v) is 5.12. The second-order valence-corrected chi connectivity index (χ2v) is 4.52. The third-order valence-corrected chi connectivity index (χ3v) is 3.55. The Kier molecular flexibility index (Phi) is 2.80. The lowest BCUT2D eigenvalue weighted by atomic mass is 10.1. The smallest absolute Gasteiger partial charge is 0.0482 e. The third-order valence-electron chi connectivity index (χ3n) is 1.84. The highest BCUT2D eigenvalue weighted by Gasteiger charge is 2.05. The Morgan fingerprint density at radius 2 is 1.91 bits per heavy atom. The van der Waals surface area contributed by atoms with Crippen LogP contribution < -0.4 is 5.73 Å². The third kappa shape index (κ3) is 1.69. The molecule has 60 valence electrons. The van der Waals surface area contributed by atoms with Crippen molar-refractivity contribution < 1.29 is 0 Å². The molecule has 0 bridgehead atoms. The van der Waals surface area contributed by atoms with Gasteiger partial charge in [-0.1, -0.05) is 15.9 Å². The summed E-state index contributed by atoms with van der Waals surface area (Å²) in [5.41, 5.74) is 9.11. The average molecular weight is 326 g/mol. The summed E-state index contributed by atoms with van der Waals surface area (Å²) in [5, 5.41) is 0.